The first-order valence-corrected chi connectivity index (χ1v) is 9.82. The van der Waals surface area contributed by atoms with Gasteiger partial charge in [-0.2, -0.15) is 5.10 Å². The van der Waals surface area contributed by atoms with Crippen LogP contribution in [0.15, 0.2) is 36.7 Å². The number of hydrogen-bond acceptors (Lipinski definition) is 4. The minimum absolute atomic E-state index is 0.118. The third-order valence-electron chi connectivity index (χ3n) is 5.46. The number of carbonyl (C=O) groups is 1. The molecular formula is C21H31N5O. The summed E-state index contributed by atoms with van der Waals surface area (Å²) in [7, 11) is 3.80. The van der Waals surface area contributed by atoms with E-state index in [0.717, 1.165) is 37.3 Å². The van der Waals surface area contributed by atoms with Gasteiger partial charge < -0.3 is 15.1 Å². The number of nitrogens with one attached hydrogen (secondary N) is 1. The van der Waals surface area contributed by atoms with E-state index in [4.69, 9.17) is 0 Å². The van der Waals surface area contributed by atoms with Crippen LogP contribution in [0.4, 0.5) is 11.4 Å². The van der Waals surface area contributed by atoms with Gasteiger partial charge in [-0.05, 0) is 38.3 Å². The second kappa shape index (κ2) is 8.57. The summed E-state index contributed by atoms with van der Waals surface area (Å²) in [6, 6.07) is 8.31. The summed E-state index contributed by atoms with van der Waals surface area (Å²) in [6.45, 7) is 5.97. The molecular weight excluding hydrogens is 338 g/mol. The summed E-state index contributed by atoms with van der Waals surface area (Å²) in [5.41, 5.74) is 3.29. The summed E-state index contributed by atoms with van der Waals surface area (Å²) >= 11 is 0. The molecule has 1 fully saturated rings. The lowest BCUT2D eigenvalue weighted by atomic mass is 10.1. The zero-order valence-corrected chi connectivity index (χ0v) is 16.9. The molecule has 0 saturated carbocycles. The van der Waals surface area contributed by atoms with E-state index in [0.29, 0.717) is 6.04 Å². The number of aromatic nitrogens is 2. The van der Waals surface area contributed by atoms with Crippen LogP contribution in [0.5, 0.6) is 0 Å². The summed E-state index contributed by atoms with van der Waals surface area (Å²) in [4.78, 5) is 17.1. The van der Waals surface area contributed by atoms with Crippen LogP contribution >= 0.6 is 0 Å². The van der Waals surface area contributed by atoms with Gasteiger partial charge in [0.25, 0.3) is 0 Å². The first-order chi connectivity index (χ1) is 13.0. The highest BCUT2D eigenvalue weighted by Gasteiger charge is 2.28. The van der Waals surface area contributed by atoms with Crippen LogP contribution in [0, 0.1) is 6.92 Å². The predicted octanol–water partition coefficient (Wildman–Crippen LogP) is 2.73. The Labute approximate surface area is 162 Å². The Hall–Kier alpha value is -2.34. The summed E-state index contributed by atoms with van der Waals surface area (Å²) in [5.74, 6) is 0.118. The third-order valence-corrected chi connectivity index (χ3v) is 5.46. The molecule has 1 aliphatic rings. The van der Waals surface area contributed by atoms with Gasteiger partial charge in [-0.25, -0.2) is 0 Å². The number of amides is 1. The minimum Gasteiger partial charge on any atom is -0.365 e. The lowest BCUT2D eigenvalue weighted by molar-refractivity contribution is -0.120. The number of benzene rings is 1. The third kappa shape index (κ3) is 4.50. The van der Waals surface area contributed by atoms with Crippen molar-refractivity contribution in [2.24, 2.45) is 7.05 Å². The van der Waals surface area contributed by atoms with Crippen LogP contribution in [0.3, 0.4) is 0 Å². The molecule has 0 spiro atoms. The predicted molar refractivity (Wildman–Crippen MR) is 110 cm³/mol. The van der Waals surface area contributed by atoms with Crippen molar-refractivity contribution in [2.75, 3.05) is 29.9 Å². The van der Waals surface area contributed by atoms with Gasteiger partial charge in [0.15, 0.2) is 0 Å². The first kappa shape index (κ1) is 19.4. The van der Waals surface area contributed by atoms with Crippen LogP contribution < -0.4 is 15.1 Å². The van der Waals surface area contributed by atoms with Crippen LogP contribution in [0.2, 0.25) is 0 Å². The molecule has 0 radical (unpaired) electrons. The van der Waals surface area contributed by atoms with Crippen molar-refractivity contribution in [1.82, 2.24) is 15.1 Å². The Morgan fingerprint density at radius 1 is 1.37 bits per heavy atom. The quantitative estimate of drug-likeness (QED) is 0.815. The molecule has 1 unspecified atom stereocenters. The van der Waals surface area contributed by atoms with E-state index in [1.807, 2.05) is 49.2 Å². The van der Waals surface area contributed by atoms with Gasteiger partial charge >= 0.3 is 0 Å². The molecule has 6 heteroatoms. The van der Waals surface area contributed by atoms with Gasteiger partial charge in [0.2, 0.25) is 5.91 Å². The van der Waals surface area contributed by atoms with Crippen LogP contribution in [0.25, 0.3) is 0 Å². The Bertz CT molecular complexity index is 754. The monoisotopic (exact) mass is 369 g/mol. The lowest BCUT2D eigenvalue weighted by Crippen LogP contribution is -2.49. The fraction of sp³-hybridized carbons (Fsp3) is 0.524. The number of nitrogens with zero attached hydrogens (tertiary/aromatic N) is 4. The highest BCUT2D eigenvalue weighted by atomic mass is 16.2. The number of rotatable bonds is 7. The number of anilines is 2. The van der Waals surface area contributed by atoms with E-state index < -0.39 is 0 Å². The summed E-state index contributed by atoms with van der Waals surface area (Å²) in [5, 5.41) is 7.81. The van der Waals surface area contributed by atoms with E-state index in [1.165, 1.54) is 12.0 Å². The average molecular weight is 370 g/mol. The maximum Gasteiger partial charge on any atom is 0.243 e. The van der Waals surface area contributed by atoms with Crippen molar-refractivity contribution in [1.29, 1.82) is 0 Å². The van der Waals surface area contributed by atoms with Crippen molar-refractivity contribution < 1.29 is 4.79 Å². The van der Waals surface area contributed by atoms with Gasteiger partial charge in [0.1, 0.15) is 0 Å². The average Bonchev–Trinajstić information content (AvgIpc) is 3.30. The molecule has 1 aliphatic heterocycles. The number of likely N-dealkylation sites (N-methyl/N-ethyl adjacent to an activating group) is 1. The molecule has 1 N–H and O–H groups in total. The molecule has 146 valence electrons. The zero-order valence-electron chi connectivity index (χ0n) is 16.9. The number of carbonyl (C=O) groups excluding carboxylic acids is 1. The van der Waals surface area contributed by atoms with Crippen molar-refractivity contribution >= 4 is 17.3 Å². The van der Waals surface area contributed by atoms with Crippen molar-refractivity contribution in [3.63, 3.8) is 0 Å². The topological polar surface area (TPSA) is 53.4 Å². The molecule has 6 nitrogen and oxygen atoms in total. The molecule has 2 heterocycles. The van der Waals surface area contributed by atoms with Gasteiger partial charge in [-0.15, -0.1) is 0 Å². The fourth-order valence-corrected chi connectivity index (χ4v) is 3.76. The Morgan fingerprint density at radius 2 is 2.11 bits per heavy atom. The van der Waals surface area contributed by atoms with Gasteiger partial charge in [-0.1, -0.05) is 24.6 Å². The molecule has 1 aromatic heterocycles. The number of hydrogen-bond donors (Lipinski definition) is 1. The first-order valence-electron chi connectivity index (χ1n) is 9.82. The standard InChI is InChI=1S/C21H31N5O/c1-5-20(21(27)25(4)17-10-8-16(2)9-11-17)22-13-18-7-6-12-26(18)19-14-23-24(3)15-19/h8-11,14-15,18,20,22H,5-7,12-13H2,1-4H3/t18-,20?/m1/s1. The molecule has 2 aromatic rings. The lowest BCUT2D eigenvalue weighted by Gasteiger charge is -2.29. The fourth-order valence-electron chi connectivity index (χ4n) is 3.76. The molecule has 2 atom stereocenters. The highest BCUT2D eigenvalue weighted by molar-refractivity contribution is 5.96. The Morgan fingerprint density at radius 3 is 2.74 bits per heavy atom. The van der Waals surface area contributed by atoms with Crippen molar-refractivity contribution in [3.05, 3.63) is 42.2 Å². The second-order valence-corrected chi connectivity index (χ2v) is 7.46. The van der Waals surface area contributed by atoms with E-state index >= 15 is 0 Å². The summed E-state index contributed by atoms with van der Waals surface area (Å²) in [6.07, 6.45) is 7.07. The smallest absolute Gasteiger partial charge is 0.243 e. The second-order valence-electron chi connectivity index (χ2n) is 7.46. The van der Waals surface area contributed by atoms with E-state index in [9.17, 15) is 4.79 Å². The van der Waals surface area contributed by atoms with Crippen LogP contribution in [-0.4, -0.2) is 47.9 Å². The van der Waals surface area contributed by atoms with Gasteiger partial charge in [0.05, 0.1) is 17.9 Å². The highest BCUT2D eigenvalue weighted by Crippen LogP contribution is 2.24. The van der Waals surface area contributed by atoms with Crippen LogP contribution in [0.1, 0.15) is 31.7 Å². The molecule has 27 heavy (non-hydrogen) atoms. The SMILES string of the molecule is CCC(NC[C@H]1CCCN1c1cnn(C)c1)C(=O)N(C)c1ccc(C)cc1. The Kier molecular flexibility index (Phi) is 6.16. The molecule has 0 bridgehead atoms. The largest absolute Gasteiger partial charge is 0.365 e. The normalized spacial score (nSPS) is 17.9. The van der Waals surface area contributed by atoms with E-state index in [2.05, 4.69) is 35.4 Å². The zero-order chi connectivity index (χ0) is 19.4. The molecule has 0 aliphatic carbocycles. The van der Waals surface area contributed by atoms with Gasteiger partial charge in [0, 0.05) is 45.1 Å². The summed E-state index contributed by atoms with van der Waals surface area (Å²) < 4.78 is 1.84. The maximum absolute atomic E-state index is 13.0. The van der Waals surface area contributed by atoms with Crippen molar-refractivity contribution in [3.8, 4) is 0 Å². The molecule has 1 aromatic carbocycles. The molecule has 3 rings (SSSR count). The minimum atomic E-state index is -0.173. The van der Waals surface area contributed by atoms with Gasteiger partial charge in [-0.3, -0.25) is 9.48 Å². The van der Waals surface area contributed by atoms with Crippen LogP contribution in [-0.2, 0) is 11.8 Å². The van der Waals surface area contributed by atoms with E-state index in [1.54, 1.807) is 4.90 Å². The van der Waals surface area contributed by atoms with Crippen molar-refractivity contribution in [2.45, 2.75) is 45.2 Å². The van der Waals surface area contributed by atoms with E-state index in [-0.39, 0.29) is 11.9 Å². The maximum atomic E-state index is 13.0. The number of aryl methyl sites for hydroxylation is 2. The molecule has 1 saturated heterocycles. The Balaban J connectivity index is 1.60. The molecule has 1 amide bonds.